The Labute approximate surface area is 170 Å². The summed E-state index contributed by atoms with van der Waals surface area (Å²) in [4.78, 5) is 0. The zero-order valence-electron chi connectivity index (χ0n) is 17.8. The van der Waals surface area contributed by atoms with Crippen molar-refractivity contribution in [2.75, 3.05) is 0 Å². The maximum atomic E-state index is 2.47. The summed E-state index contributed by atoms with van der Waals surface area (Å²) >= 11 is 0. The Hall–Kier alpha value is -2.34. The molecule has 4 rings (SSSR count). The van der Waals surface area contributed by atoms with Gasteiger partial charge in [0.1, 0.15) is 0 Å². The van der Waals surface area contributed by atoms with E-state index in [2.05, 4.69) is 94.4 Å². The Bertz CT molecular complexity index is 936. The number of rotatable bonds is 3. The second-order valence-electron chi connectivity index (χ2n) is 9.14. The third-order valence-corrected chi connectivity index (χ3v) is 6.92. The van der Waals surface area contributed by atoms with E-state index >= 15 is 0 Å². The summed E-state index contributed by atoms with van der Waals surface area (Å²) < 4.78 is 0. The summed E-state index contributed by atoms with van der Waals surface area (Å²) in [5, 5.41) is 0. The first-order valence-electron chi connectivity index (χ1n) is 10.7. The van der Waals surface area contributed by atoms with Crippen LogP contribution < -0.4 is 0 Å². The molecule has 0 heteroatoms. The van der Waals surface area contributed by atoms with Crippen molar-refractivity contribution < 1.29 is 0 Å². The quantitative estimate of drug-likeness (QED) is 0.441. The summed E-state index contributed by atoms with van der Waals surface area (Å²) in [6.07, 6.45) is 5.13. The van der Waals surface area contributed by atoms with Crippen molar-refractivity contribution in [2.45, 2.75) is 64.7 Å². The highest BCUT2D eigenvalue weighted by molar-refractivity contribution is 5.68. The lowest BCUT2D eigenvalue weighted by Gasteiger charge is -2.38. The molecule has 0 N–H and O–H groups in total. The van der Waals surface area contributed by atoms with Crippen LogP contribution in [0.1, 0.15) is 66.3 Å². The van der Waals surface area contributed by atoms with Crippen LogP contribution in [0, 0.1) is 20.8 Å². The summed E-state index contributed by atoms with van der Waals surface area (Å²) in [6.45, 7) is 9.05. The molecule has 0 aliphatic heterocycles. The van der Waals surface area contributed by atoms with E-state index in [4.69, 9.17) is 0 Å². The van der Waals surface area contributed by atoms with Crippen LogP contribution in [0.2, 0.25) is 0 Å². The smallest absolute Gasteiger partial charge is 0.00747 e. The highest BCUT2D eigenvalue weighted by atomic mass is 14.4. The second kappa shape index (κ2) is 7.59. The van der Waals surface area contributed by atoms with Crippen LogP contribution in [-0.4, -0.2) is 0 Å². The number of benzene rings is 3. The first kappa shape index (κ1) is 19.0. The van der Waals surface area contributed by atoms with Gasteiger partial charge in [0.25, 0.3) is 0 Å². The maximum Gasteiger partial charge on any atom is -0.00747 e. The standard InChI is InChI=1S/C28H32/c1-20-5-9-23(10-6-20)24-15-17-28(4,18-16-24)26-13-14-27(22(3)19-26)25-11-7-21(2)8-12-25/h5-14,19,24H,15-18H2,1-4H3. The van der Waals surface area contributed by atoms with Crippen LogP contribution in [0.15, 0.2) is 66.7 Å². The van der Waals surface area contributed by atoms with Crippen molar-refractivity contribution in [3.05, 3.63) is 94.5 Å². The van der Waals surface area contributed by atoms with Gasteiger partial charge in [0, 0.05) is 0 Å². The van der Waals surface area contributed by atoms with Gasteiger partial charge in [-0.15, -0.1) is 0 Å². The number of hydrogen-bond acceptors (Lipinski definition) is 0. The fourth-order valence-electron chi connectivity index (χ4n) is 4.81. The van der Waals surface area contributed by atoms with E-state index in [1.807, 2.05) is 0 Å². The van der Waals surface area contributed by atoms with Crippen molar-refractivity contribution in [1.82, 2.24) is 0 Å². The van der Waals surface area contributed by atoms with Gasteiger partial charge in [0.05, 0.1) is 0 Å². The van der Waals surface area contributed by atoms with Crippen molar-refractivity contribution in [3.8, 4) is 11.1 Å². The van der Waals surface area contributed by atoms with Crippen LogP contribution in [-0.2, 0) is 5.41 Å². The molecule has 0 spiro atoms. The first-order valence-corrected chi connectivity index (χ1v) is 10.7. The van der Waals surface area contributed by atoms with E-state index in [0.29, 0.717) is 5.41 Å². The molecule has 28 heavy (non-hydrogen) atoms. The molecule has 0 saturated heterocycles. The number of hydrogen-bond donors (Lipinski definition) is 0. The Morgan fingerprint density at radius 1 is 0.714 bits per heavy atom. The Morgan fingerprint density at radius 3 is 1.86 bits per heavy atom. The molecule has 1 aliphatic carbocycles. The maximum absolute atomic E-state index is 2.47. The molecule has 0 radical (unpaired) electrons. The van der Waals surface area contributed by atoms with Gasteiger partial charge >= 0.3 is 0 Å². The minimum absolute atomic E-state index is 0.303. The van der Waals surface area contributed by atoms with Gasteiger partial charge in [0.15, 0.2) is 0 Å². The predicted molar refractivity (Wildman–Crippen MR) is 121 cm³/mol. The fraction of sp³-hybridized carbons (Fsp3) is 0.357. The van der Waals surface area contributed by atoms with Gasteiger partial charge in [-0.05, 0) is 85.6 Å². The highest BCUT2D eigenvalue weighted by Crippen LogP contribution is 2.45. The zero-order valence-corrected chi connectivity index (χ0v) is 17.8. The lowest BCUT2D eigenvalue weighted by Crippen LogP contribution is -2.28. The average molecular weight is 369 g/mol. The summed E-state index contributed by atoms with van der Waals surface area (Å²) in [5.74, 6) is 0.724. The van der Waals surface area contributed by atoms with Gasteiger partial charge in [0.2, 0.25) is 0 Å². The predicted octanol–water partition coefficient (Wildman–Crippen LogP) is 7.89. The van der Waals surface area contributed by atoms with Crippen LogP contribution in [0.4, 0.5) is 0 Å². The van der Waals surface area contributed by atoms with Crippen molar-refractivity contribution in [2.24, 2.45) is 0 Å². The molecule has 0 nitrogen and oxygen atoms in total. The largest absolute Gasteiger partial charge is 0.0590 e. The first-order chi connectivity index (χ1) is 13.4. The lowest BCUT2D eigenvalue weighted by molar-refractivity contribution is 0.292. The average Bonchev–Trinajstić information content (AvgIpc) is 2.70. The van der Waals surface area contributed by atoms with Crippen LogP contribution in [0.3, 0.4) is 0 Å². The Morgan fingerprint density at radius 2 is 1.29 bits per heavy atom. The van der Waals surface area contributed by atoms with Gasteiger partial charge in [-0.25, -0.2) is 0 Å². The molecule has 3 aromatic carbocycles. The normalized spacial score (nSPS) is 22.2. The van der Waals surface area contributed by atoms with Gasteiger partial charge in [-0.1, -0.05) is 84.8 Å². The van der Waals surface area contributed by atoms with E-state index < -0.39 is 0 Å². The summed E-state index contributed by atoms with van der Waals surface area (Å²) in [6, 6.07) is 25.3. The van der Waals surface area contributed by atoms with E-state index in [1.54, 1.807) is 0 Å². The molecule has 144 valence electrons. The van der Waals surface area contributed by atoms with Crippen LogP contribution in [0.25, 0.3) is 11.1 Å². The molecule has 0 heterocycles. The SMILES string of the molecule is Cc1ccc(-c2ccc(C3(C)CCC(c4ccc(C)cc4)CC3)cc2C)cc1. The Balaban J connectivity index is 1.52. The van der Waals surface area contributed by atoms with Crippen molar-refractivity contribution >= 4 is 0 Å². The molecule has 1 saturated carbocycles. The molecule has 1 fully saturated rings. The van der Waals surface area contributed by atoms with Crippen LogP contribution >= 0.6 is 0 Å². The monoisotopic (exact) mass is 368 g/mol. The number of aryl methyl sites for hydroxylation is 3. The highest BCUT2D eigenvalue weighted by Gasteiger charge is 2.33. The minimum Gasteiger partial charge on any atom is -0.0590 e. The van der Waals surface area contributed by atoms with Gasteiger partial charge in [-0.2, -0.15) is 0 Å². The van der Waals surface area contributed by atoms with Gasteiger partial charge in [-0.3, -0.25) is 0 Å². The molecule has 1 aliphatic rings. The van der Waals surface area contributed by atoms with E-state index in [9.17, 15) is 0 Å². The molecular formula is C28H32. The zero-order chi connectivity index (χ0) is 19.7. The Kier molecular flexibility index (Phi) is 5.15. The van der Waals surface area contributed by atoms with Crippen molar-refractivity contribution in [3.63, 3.8) is 0 Å². The van der Waals surface area contributed by atoms with Crippen molar-refractivity contribution in [1.29, 1.82) is 0 Å². The molecular weight excluding hydrogens is 336 g/mol. The topological polar surface area (TPSA) is 0 Å². The molecule has 0 amide bonds. The third kappa shape index (κ3) is 3.78. The van der Waals surface area contributed by atoms with Gasteiger partial charge < -0.3 is 0 Å². The van der Waals surface area contributed by atoms with E-state index in [0.717, 1.165) is 5.92 Å². The fourth-order valence-corrected chi connectivity index (χ4v) is 4.81. The second-order valence-corrected chi connectivity index (χ2v) is 9.14. The molecule has 0 bridgehead atoms. The minimum atomic E-state index is 0.303. The van der Waals surface area contributed by atoms with E-state index in [1.165, 1.54) is 64.6 Å². The lowest BCUT2D eigenvalue weighted by atomic mass is 9.66. The molecule has 0 aromatic heterocycles. The summed E-state index contributed by atoms with van der Waals surface area (Å²) in [5.41, 5.74) is 10.1. The third-order valence-electron chi connectivity index (χ3n) is 6.92. The summed E-state index contributed by atoms with van der Waals surface area (Å²) in [7, 11) is 0. The molecule has 0 atom stereocenters. The molecule has 0 unspecified atom stereocenters. The molecule has 3 aromatic rings. The van der Waals surface area contributed by atoms with Crippen LogP contribution in [0.5, 0.6) is 0 Å². The van der Waals surface area contributed by atoms with E-state index in [-0.39, 0.29) is 0 Å².